The van der Waals surface area contributed by atoms with Crippen molar-refractivity contribution in [1.82, 2.24) is 5.32 Å². The van der Waals surface area contributed by atoms with Crippen LogP contribution in [-0.2, 0) is 0 Å². The first-order chi connectivity index (χ1) is 5.74. The smallest absolute Gasteiger partial charge is 0.0199 e. The van der Waals surface area contributed by atoms with Crippen molar-refractivity contribution < 1.29 is 0 Å². The van der Waals surface area contributed by atoms with Crippen molar-refractivity contribution in [3.8, 4) is 0 Å². The Kier molecular flexibility index (Phi) is 3.54. The van der Waals surface area contributed by atoms with Crippen LogP contribution in [0.2, 0.25) is 0 Å². The highest BCUT2D eigenvalue weighted by molar-refractivity contribution is 5.25. The fraction of sp³-hybridized carbons (Fsp3) is 0.636. The molecule has 1 aliphatic rings. The molecule has 1 unspecified atom stereocenters. The lowest BCUT2D eigenvalue weighted by Gasteiger charge is -2.19. The fourth-order valence-electron chi connectivity index (χ4n) is 1.51. The molecule has 0 amide bonds. The molecule has 0 aromatic carbocycles. The van der Waals surface area contributed by atoms with Gasteiger partial charge in [0.1, 0.15) is 0 Å². The maximum absolute atomic E-state index is 3.16. The minimum absolute atomic E-state index is 0.755. The summed E-state index contributed by atoms with van der Waals surface area (Å²) >= 11 is 0. The SMILES string of the molecule is CNCC1=CCC(C(C)C)C=C1. The zero-order valence-corrected chi connectivity index (χ0v) is 8.30. The van der Waals surface area contributed by atoms with Crippen molar-refractivity contribution in [2.24, 2.45) is 11.8 Å². The summed E-state index contributed by atoms with van der Waals surface area (Å²) < 4.78 is 0. The maximum atomic E-state index is 3.16. The summed E-state index contributed by atoms with van der Waals surface area (Å²) in [6.45, 7) is 5.57. The van der Waals surface area contributed by atoms with Crippen LogP contribution in [0.1, 0.15) is 20.3 Å². The van der Waals surface area contributed by atoms with E-state index in [1.807, 2.05) is 7.05 Å². The lowest BCUT2D eigenvalue weighted by atomic mass is 9.88. The summed E-state index contributed by atoms with van der Waals surface area (Å²) in [5, 5.41) is 3.16. The van der Waals surface area contributed by atoms with E-state index in [1.165, 1.54) is 12.0 Å². The van der Waals surface area contributed by atoms with Gasteiger partial charge < -0.3 is 5.32 Å². The third-order valence-corrected chi connectivity index (χ3v) is 2.45. The molecule has 1 atom stereocenters. The Bertz CT molecular complexity index is 189. The van der Waals surface area contributed by atoms with Crippen molar-refractivity contribution in [3.05, 3.63) is 23.8 Å². The van der Waals surface area contributed by atoms with Crippen LogP contribution >= 0.6 is 0 Å². The van der Waals surface area contributed by atoms with Gasteiger partial charge in [0, 0.05) is 6.54 Å². The van der Waals surface area contributed by atoms with E-state index < -0.39 is 0 Å². The monoisotopic (exact) mass is 165 g/mol. The molecule has 0 heterocycles. The van der Waals surface area contributed by atoms with Gasteiger partial charge in [-0.05, 0) is 30.9 Å². The predicted octanol–water partition coefficient (Wildman–Crippen LogP) is 2.36. The summed E-state index contributed by atoms with van der Waals surface area (Å²) in [6, 6.07) is 0. The topological polar surface area (TPSA) is 12.0 Å². The first kappa shape index (κ1) is 9.53. The quantitative estimate of drug-likeness (QED) is 0.677. The van der Waals surface area contributed by atoms with Gasteiger partial charge in [-0.2, -0.15) is 0 Å². The minimum atomic E-state index is 0.755. The minimum Gasteiger partial charge on any atom is -0.316 e. The molecule has 0 saturated heterocycles. The van der Waals surface area contributed by atoms with Crippen LogP contribution in [0.4, 0.5) is 0 Å². The van der Waals surface area contributed by atoms with E-state index in [0.717, 1.165) is 18.4 Å². The highest BCUT2D eigenvalue weighted by atomic mass is 14.8. The van der Waals surface area contributed by atoms with Crippen LogP contribution in [0.3, 0.4) is 0 Å². The number of nitrogens with one attached hydrogen (secondary N) is 1. The Morgan fingerprint density at radius 3 is 2.75 bits per heavy atom. The molecular formula is C11H19N. The maximum Gasteiger partial charge on any atom is 0.0199 e. The number of rotatable bonds is 3. The van der Waals surface area contributed by atoms with Crippen molar-refractivity contribution in [2.75, 3.05) is 13.6 Å². The average Bonchev–Trinajstić information content (AvgIpc) is 2.06. The first-order valence-electron chi connectivity index (χ1n) is 4.76. The van der Waals surface area contributed by atoms with Crippen molar-refractivity contribution in [2.45, 2.75) is 20.3 Å². The molecule has 0 spiro atoms. The molecule has 0 bridgehead atoms. The largest absolute Gasteiger partial charge is 0.316 e. The summed E-state index contributed by atoms with van der Waals surface area (Å²) in [5.74, 6) is 1.53. The van der Waals surface area contributed by atoms with E-state index in [1.54, 1.807) is 0 Å². The number of hydrogen-bond acceptors (Lipinski definition) is 1. The van der Waals surface area contributed by atoms with Gasteiger partial charge in [0.05, 0.1) is 0 Å². The van der Waals surface area contributed by atoms with Gasteiger partial charge in [0.25, 0.3) is 0 Å². The van der Waals surface area contributed by atoms with Crippen LogP contribution in [0, 0.1) is 11.8 Å². The first-order valence-corrected chi connectivity index (χ1v) is 4.76. The average molecular weight is 165 g/mol. The highest BCUT2D eigenvalue weighted by Gasteiger charge is 2.11. The van der Waals surface area contributed by atoms with Gasteiger partial charge in [-0.25, -0.2) is 0 Å². The Morgan fingerprint density at radius 2 is 2.33 bits per heavy atom. The standard InChI is InChI=1S/C11H19N/c1-9(2)11-6-4-10(5-7-11)8-12-3/h4-6,9,11-12H,7-8H2,1-3H3. The third kappa shape index (κ3) is 2.49. The van der Waals surface area contributed by atoms with Gasteiger partial charge in [0.2, 0.25) is 0 Å². The highest BCUT2D eigenvalue weighted by Crippen LogP contribution is 2.22. The molecule has 1 rings (SSSR count). The Morgan fingerprint density at radius 1 is 1.58 bits per heavy atom. The third-order valence-electron chi connectivity index (χ3n) is 2.45. The number of likely N-dealkylation sites (N-methyl/N-ethyl adjacent to an activating group) is 1. The second-order valence-electron chi connectivity index (χ2n) is 3.81. The van der Waals surface area contributed by atoms with Gasteiger partial charge in [-0.15, -0.1) is 0 Å². The lowest BCUT2D eigenvalue weighted by molar-refractivity contribution is 0.465. The van der Waals surface area contributed by atoms with E-state index in [9.17, 15) is 0 Å². The molecule has 0 aromatic rings. The van der Waals surface area contributed by atoms with Gasteiger partial charge in [-0.1, -0.05) is 32.1 Å². The van der Waals surface area contributed by atoms with E-state index in [4.69, 9.17) is 0 Å². The van der Waals surface area contributed by atoms with E-state index in [0.29, 0.717) is 0 Å². The van der Waals surface area contributed by atoms with E-state index >= 15 is 0 Å². The molecule has 1 N–H and O–H groups in total. The molecule has 0 radical (unpaired) electrons. The van der Waals surface area contributed by atoms with Gasteiger partial charge >= 0.3 is 0 Å². The van der Waals surface area contributed by atoms with Crippen LogP contribution in [0.15, 0.2) is 23.8 Å². The number of hydrogen-bond donors (Lipinski definition) is 1. The van der Waals surface area contributed by atoms with Crippen LogP contribution in [0.25, 0.3) is 0 Å². The molecule has 12 heavy (non-hydrogen) atoms. The van der Waals surface area contributed by atoms with Gasteiger partial charge in [0.15, 0.2) is 0 Å². The normalized spacial score (nSPS) is 23.0. The van der Waals surface area contributed by atoms with Gasteiger partial charge in [-0.3, -0.25) is 0 Å². The second kappa shape index (κ2) is 4.46. The van der Waals surface area contributed by atoms with Crippen LogP contribution in [-0.4, -0.2) is 13.6 Å². The van der Waals surface area contributed by atoms with Crippen molar-refractivity contribution in [3.63, 3.8) is 0 Å². The summed E-state index contributed by atoms with van der Waals surface area (Å²) in [4.78, 5) is 0. The Hall–Kier alpha value is -0.560. The predicted molar refractivity (Wildman–Crippen MR) is 54.1 cm³/mol. The molecule has 0 fully saturated rings. The lowest BCUT2D eigenvalue weighted by Crippen LogP contribution is -2.13. The molecule has 0 saturated carbocycles. The molecule has 0 aliphatic heterocycles. The fourth-order valence-corrected chi connectivity index (χ4v) is 1.51. The molecule has 1 heteroatoms. The van der Waals surface area contributed by atoms with Crippen LogP contribution < -0.4 is 5.32 Å². The zero-order valence-electron chi connectivity index (χ0n) is 8.30. The second-order valence-corrected chi connectivity index (χ2v) is 3.81. The van der Waals surface area contributed by atoms with Crippen molar-refractivity contribution >= 4 is 0 Å². The van der Waals surface area contributed by atoms with E-state index in [-0.39, 0.29) is 0 Å². The summed E-state index contributed by atoms with van der Waals surface area (Å²) in [7, 11) is 1.99. The Balaban J connectivity index is 2.44. The van der Waals surface area contributed by atoms with E-state index in [2.05, 4.69) is 37.4 Å². The molecule has 1 nitrogen and oxygen atoms in total. The number of allylic oxidation sites excluding steroid dienone is 2. The van der Waals surface area contributed by atoms with Crippen molar-refractivity contribution in [1.29, 1.82) is 0 Å². The summed E-state index contributed by atoms with van der Waals surface area (Å²) in [5.41, 5.74) is 1.43. The molecule has 68 valence electrons. The zero-order chi connectivity index (χ0) is 8.97. The van der Waals surface area contributed by atoms with Crippen LogP contribution in [0.5, 0.6) is 0 Å². The summed E-state index contributed by atoms with van der Waals surface area (Å²) in [6.07, 6.45) is 8.16. The Labute approximate surface area is 75.6 Å². The molecule has 1 aliphatic carbocycles. The molecular weight excluding hydrogens is 146 g/mol. The molecule has 0 aromatic heterocycles.